The van der Waals surface area contributed by atoms with Crippen LogP contribution in [-0.4, -0.2) is 4.57 Å². The molecule has 0 spiro atoms. The summed E-state index contributed by atoms with van der Waals surface area (Å²) in [6.45, 7) is 0.465. The number of hydrogen-bond donors (Lipinski definition) is 0. The van der Waals surface area contributed by atoms with E-state index >= 15 is 0 Å². The summed E-state index contributed by atoms with van der Waals surface area (Å²) in [5, 5.41) is 2.50. The molecule has 0 fully saturated rings. The molecule has 0 unspecified atom stereocenters. The quantitative estimate of drug-likeness (QED) is 0.659. The van der Waals surface area contributed by atoms with E-state index in [0.29, 0.717) is 17.4 Å². The Bertz CT molecular complexity index is 764. The maximum absolute atomic E-state index is 6.08. The zero-order valence-electron chi connectivity index (χ0n) is 10.9. The predicted molar refractivity (Wildman–Crippen MR) is 83.7 cm³/mol. The van der Waals surface area contributed by atoms with Crippen molar-refractivity contribution in [2.45, 2.75) is 6.61 Å². The molecule has 0 atom stereocenters. The van der Waals surface area contributed by atoms with E-state index in [1.165, 1.54) is 0 Å². The van der Waals surface area contributed by atoms with Gasteiger partial charge < -0.3 is 9.30 Å². The van der Waals surface area contributed by atoms with Crippen molar-refractivity contribution in [1.82, 2.24) is 4.57 Å². The second-order valence-electron chi connectivity index (χ2n) is 4.62. The summed E-state index contributed by atoms with van der Waals surface area (Å²) in [4.78, 5) is 0. The molecular weight excluding hydrogens is 293 g/mol. The van der Waals surface area contributed by atoms with Crippen molar-refractivity contribution in [3.05, 3.63) is 64.3 Å². The molecule has 3 aromatic rings. The molecule has 2 aromatic carbocycles. The molecule has 0 N–H and O–H groups in total. The van der Waals surface area contributed by atoms with E-state index in [2.05, 4.69) is 10.6 Å². The Balaban J connectivity index is 1.88. The lowest BCUT2D eigenvalue weighted by Gasteiger charge is -2.08. The third-order valence-corrected chi connectivity index (χ3v) is 3.87. The Kier molecular flexibility index (Phi) is 3.60. The molecule has 4 heteroatoms. The number of fused-ring (bicyclic) bond motifs is 1. The molecule has 2 nitrogen and oxygen atoms in total. The largest absolute Gasteiger partial charge is 0.486 e. The summed E-state index contributed by atoms with van der Waals surface area (Å²) < 4.78 is 7.86. The molecule has 0 saturated carbocycles. The Morgan fingerprint density at radius 3 is 2.65 bits per heavy atom. The fourth-order valence-electron chi connectivity index (χ4n) is 2.21. The second kappa shape index (κ2) is 5.39. The van der Waals surface area contributed by atoms with Crippen molar-refractivity contribution in [2.24, 2.45) is 7.05 Å². The molecular formula is C16H13Cl2NO. The first-order valence-electron chi connectivity index (χ1n) is 6.26. The fourth-order valence-corrected chi connectivity index (χ4v) is 2.57. The highest BCUT2D eigenvalue weighted by Gasteiger charge is 2.08. The lowest BCUT2D eigenvalue weighted by atomic mass is 10.2. The lowest BCUT2D eigenvalue weighted by molar-refractivity contribution is 0.298. The standard InChI is InChI=1S/C16H13Cl2NO/c1-19-13(8-11-6-7-12(17)9-15(11)19)10-20-16-5-3-2-4-14(16)18/h2-9H,10H2,1H3. The molecule has 0 bridgehead atoms. The lowest BCUT2D eigenvalue weighted by Crippen LogP contribution is -2.01. The summed E-state index contributed by atoms with van der Waals surface area (Å²) in [5.41, 5.74) is 2.16. The minimum Gasteiger partial charge on any atom is -0.486 e. The normalized spacial score (nSPS) is 10.9. The van der Waals surface area contributed by atoms with Crippen LogP contribution in [0.25, 0.3) is 10.9 Å². The van der Waals surface area contributed by atoms with Crippen molar-refractivity contribution in [1.29, 1.82) is 0 Å². The van der Waals surface area contributed by atoms with Gasteiger partial charge in [0, 0.05) is 23.0 Å². The second-order valence-corrected chi connectivity index (χ2v) is 5.46. The number of ether oxygens (including phenoxy) is 1. The van der Waals surface area contributed by atoms with Crippen LogP contribution < -0.4 is 4.74 Å². The number of rotatable bonds is 3. The van der Waals surface area contributed by atoms with Crippen LogP contribution in [0.15, 0.2) is 48.5 Å². The van der Waals surface area contributed by atoms with Gasteiger partial charge in [0.05, 0.1) is 10.7 Å². The van der Waals surface area contributed by atoms with Gasteiger partial charge in [0.1, 0.15) is 12.4 Å². The highest BCUT2D eigenvalue weighted by molar-refractivity contribution is 6.32. The van der Waals surface area contributed by atoms with Crippen LogP contribution in [0.4, 0.5) is 0 Å². The molecule has 0 amide bonds. The topological polar surface area (TPSA) is 14.2 Å². The van der Waals surface area contributed by atoms with E-state index in [9.17, 15) is 0 Å². The third kappa shape index (κ3) is 2.49. The average Bonchev–Trinajstić information content (AvgIpc) is 2.75. The molecule has 20 heavy (non-hydrogen) atoms. The molecule has 1 heterocycles. The monoisotopic (exact) mass is 305 g/mol. The van der Waals surface area contributed by atoms with Crippen LogP contribution >= 0.6 is 23.2 Å². The summed E-state index contributed by atoms with van der Waals surface area (Å²) in [7, 11) is 2.00. The van der Waals surface area contributed by atoms with Gasteiger partial charge in [-0.3, -0.25) is 0 Å². The van der Waals surface area contributed by atoms with E-state index in [1.807, 2.05) is 49.5 Å². The van der Waals surface area contributed by atoms with Crippen LogP contribution in [0.2, 0.25) is 10.0 Å². The van der Waals surface area contributed by atoms with E-state index < -0.39 is 0 Å². The van der Waals surface area contributed by atoms with Gasteiger partial charge in [-0.25, -0.2) is 0 Å². The molecule has 0 aliphatic heterocycles. The maximum atomic E-state index is 6.08. The first-order chi connectivity index (χ1) is 9.65. The van der Waals surface area contributed by atoms with Gasteiger partial charge in [-0.1, -0.05) is 41.4 Å². The van der Waals surface area contributed by atoms with E-state index in [4.69, 9.17) is 27.9 Å². The number of nitrogens with zero attached hydrogens (tertiary/aromatic N) is 1. The predicted octanol–water partition coefficient (Wildman–Crippen LogP) is 5.06. The zero-order chi connectivity index (χ0) is 14.1. The first kappa shape index (κ1) is 13.3. The van der Waals surface area contributed by atoms with Gasteiger partial charge in [0.15, 0.2) is 0 Å². The van der Waals surface area contributed by atoms with Gasteiger partial charge >= 0.3 is 0 Å². The number of hydrogen-bond acceptors (Lipinski definition) is 1. The van der Waals surface area contributed by atoms with E-state index in [1.54, 1.807) is 0 Å². The number of para-hydroxylation sites is 1. The number of benzene rings is 2. The summed E-state index contributed by atoms with van der Waals surface area (Å²) >= 11 is 12.1. The molecule has 1 aromatic heterocycles. The molecule has 0 aliphatic carbocycles. The third-order valence-electron chi connectivity index (χ3n) is 3.32. The van der Waals surface area contributed by atoms with Crippen molar-refractivity contribution >= 4 is 34.1 Å². The zero-order valence-corrected chi connectivity index (χ0v) is 12.4. The Hall–Kier alpha value is -1.64. The van der Waals surface area contributed by atoms with Gasteiger partial charge in [0.2, 0.25) is 0 Å². The van der Waals surface area contributed by atoms with Crippen LogP contribution in [0.3, 0.4) is 0 Å². The van der Waals surface area contributed by atoms with E-state index in [-0.39, 0.29) is 0 Å². The molecule has 0 radical (unpaired) electrons. The molecule has 3 rings (SSSR count). The van der Waals surface area contributed by atoms with Crippen LogP contribution in [0.1, 0.15) is 5.69 Å². The average molecular weight is 306 g/mol. The summed E-state index contributed by atoms with van der Waals surface area (Å²) in [6, 6.07) is 15.4. The Labute approximate surface area is 127 Å². The minimum atomic E-state index is 0.465. The molecule has 102 valence electrons. The Morgan fingerprint density at radius 2 is 1.85 bits per heavy atom. The van der Waals surface area contributed by atoms with E-state index in [0.717, 1.165) is 21.6 Å². The highest BCUT2D eigenvalue weighted by Crippen LogP contribution is 2.26. The Morgan fingerprint density at radius 1 is 1.05 bits per heavy atom. The number of halogens is 2. The van der Waals surface area contributed by atoms with Crippen LogP contribution in [-0.2, 0) is 13.7 Å². The minimum absolute atomic E-state index is 0.465. The van der Waals surface area contributed by atoms with Crippen molar-refractivity contribution in [3.63, 3.8) is 0 Å². The van der Waals surface area contributed by atoms with Crippen molar-refractivity contribution in [2.75, 3.05) is 0 Å². The molecule has 0 saturated heterocycles. The number of aromatic nitrogens is 1. The summed E-state index contributed by atoms with van der Waals surface area (Å²) in [5.74, 6) is 0.692. The van der Waals surface area contributed by atoms with Crippen molar-refractivity contribution in [3.8, 4) is 5.75 Å². The van der Waals surface area contributed by atoms with Gasteiger partial charge in [-0.15, -0.1) is 0 Å². The first-order valence-corrected chi connectivity index (χ1v) is 7.02. The highest BCUT2D eigenvalue weighted by atomic mass is 35.5. The van der Waals surface area contributed by atoms with Crippen molar-refractivity contribution < 1.29 is 4.74 Å². The SMILES string of the molecule is Cn1c(COc2ccccc2Cl)cc2ccc(Cl)cc21. The van der Waals surface area contributed by atoms with Crippen LogP contribution in [0, 0.1) is 0 Å². The number of aryl methyl sites for hydroxylation is 1. The fraction of sp³-hybridized carbons (Fsp3) is 0.125. The summed E-state index contributed by atoms with van der Waals surface area (Å²) in [6.07, 6.45) is 0. The van der Waals surface area contributed by atoms with Gasteiger partial charge in [0.25, 0.3) is 0 Å². The van der Waals surface area contributed by atoms with Gasteiger partial charge in [-0.2, -0.15) is 0 Å². The smallest absolute Gasteiger partial charge is 0.138 e. The molecule has 0 aliphatic rings. The maximum Gasteiger partial charge on any atom is 0.138 e. The van der Waals surface area contributed by atoms with Gasteiger partial charge in [-0.05, 0) is 30.3 Å². The van der Waals surface area contributed by atoms with Crippen LogP contribution in [0.5, 0.6) is 5.75 Å².